The SMILES string of the molecule is CN=C(NCCc1cc(C)ccc1OC)NCc1nc(-c2ccc(Cl)cc2)no1. The Morgan fingerprint density at radius 3 is 2.69 bits per heavy atom. The third kappa shape index (κ3) is 5.71. The van der Waals surface area contributed by atoms with Gasteiger partial charge >= 0.3 is 0 Å². The number of aryl methyl sites for hydroxylation is 1. The average Bonchev–Trinajstić information content (AvgIpc) is 3.20. The molecule has 7 nitrogen and oxygen atoms in total. The van der Waals surface area contributed by atoms with E-state index in [0.717, 1.165) is 23.3 Å². The Morgan fingerprint density at radius 2 is 1.97 bits per heavy atom. The molecule has 152 valence electrons. The molecule has 0 saturated heterocycles. The van der Waals surface area contributed by atoms with Crippen molar-refractivity contribution in [1.29, 1.82) is 0 Å². The first-order valence-electron chi connectivity index (χ1n) is 9.25. The van der Waals surface area contributed by atoms with Gasteiger partial charge in [0.25, 0.3) is 0 Å². The summed E-state index contributed by atoms with van der Waals surface area (Å²) in [4.78, 5) is 8.62. The maximum absolute atomic E-state index is 5.91. The van der Waals surface area contributed by atoms with Gasteiger partial charge in [-0.2, -0.15) is 4.98 Å². The van der Waals surface area contributed by atoms with Gasteiger partial charge in [-0.1, -0.05) is 34.5 Å². The van der Waals surface area contributed by atoms with E-state index in [1.807, 2.05) is 24.3 Å². The molecule has 3 rings (SSSR count). The zero-order chi connectivity index (χ0) is 20.6. The topological polar surface area (TPSA) is 84.6 Å². The standard InChI is InChI=1S/C21H24ClN5O2/c1-14-4-9-18(28-3)16(12-14)10-11-24-21(23-2)25-13-19-26-20(27-29-19)15-5-7-17(22)8-6-15/h4-9,12H,10-11,13H2,1-3H3,(H2,23,24,25). The predicted octanol–water partition coefficient (Wildman–Crippen LogP) is 3.61. The van der Waals surface area contributed by atoms with E-state index in [4.69, 9.17) is 20.9 Å². The van der Waals surface area contributed by atoms with Crippen LogP contribution in [0.25, 0.3) is 11.4 Å². The van der Waals surface area contributed by atoms with Crippen LogP contribution in [0.4, 0.5) is 0 Å². The number of methoxy groups -OCH3 is 1. The van der Waals surface area contributed by atoms with E-state index in [1.54, 1.807) is 26.3 Å². The number of guanidine groups is 1. The highest BCUT2D eigenvalue weighted by Crippen LogP contribution is 2.20. The van der Waals surface area contributed by atoms with Gasteiger partial charge in [0.15, 0.2) is 5.96 Å². The molecular weight excluding hydrogens is 390 g/mol. The van der Waals surface area contributed by atoms with Gasteiger partial charge in [-0.3, -0.25) is 4.99 Å². The van der Waals surface area contributed by atoms with Gasteiger partial charge in [0.2, 0.25) is 11.7 Å². The van der Waals surface area contributed by atoms with E-state index in [2.05, 4.69) is 38.8 Å². The second kappa shape index (κ2) is 9.93. The van der Waals surface area contributed by atoms with E-state index in [9.17, 15) is 0 Å². The molecule has 0 amide bonds. The number of halogens is 1. The Hall–Kier alpha value is -3.06. The van der Waals surface area contributed by atoms with Gasteiger partial charge in [-0.25, -0.2) is 0 Å². The lowest BCUT2D eigenvalue weighted by molar-refractivity contribution is 0.375. The summed E-state index contributed by atoms with van der Waals surface area (Å²) in [5, 5.41) is 11.1. The van der Waals surface area contributed by atoms with Gasteiger partial charge < -0.3 is 19.9 Å². The summed E-state index contributed by atoms with van der Waals surface area (Å²) in [6, 6.07) is 13.5. The van der Waals surface area contributed by atoms with Crippen molar-refractivity contribution in [3.05, 3.63) is 64.5 Å². The molecule has 1 aromatic heterocycles. The molecule has 0 unspecified atom stereocenters. The summed E-state index contributed by atoms with van der Waals surface area (Å²) in [5.74, 6) is 2.54. The van der Waals surface area contributed by atoms with Crippen LogP contribution in [0.1, 0.15) is 17.0 Å². The van der Waals surface area contributed by atoms with Crippen LogP contribution >= 0.6 is 11.6 Å². The smallest absolute Gasteiger partial charge is 0.246 e. The van der Waals surface area contributed by atoms with Gasteiger partial charge in [-0.05, 0) is 49.2 Å². The zero-order valence-electron chi connectivity index (χ0n) is 16.7. The highest BCUT2D eigenvalue weighted by Gasteiger charge is 2.09. The molecule has 2 aromatic carbocycles. The summed E-state index contributed by atoms with van der Waals surface area (Å²) in [7, 11) is 3.40. The Morgan fingerprint density at radius 1 is 1.17 bits per heavy atom. The van der Waals surface area contributed by atoms with Gasteiger partial charge in [-0.15, -0.1) is 0 Å². The molecule has 0 spiro atoms. The lowest BCUT2D eigenvalue weighted by atomic mass is 10.1. The summed E-state index contributed by atoms with van der Waals surface area (Å²) < 4.78 is 10.7. The van der Waals surface area contributed by atoms with Crippen LogP contribution in [0.15, 0.2) is 52.0 Å². The third-order valence-electron chi connectivity index (χ3n) is 4.32. The number of nitrogens with one attached hydrogen (secondary N) is 2. The molecule has 0 aliphatic heterocycles. The summed E-state index contributed by atoms with van der Waals surface area (Å²) >= 11 is 5.91. The molecule has 0 fully saturated rings. The van der Waals surface area contributed by atoms with Crippen molar-refractivity contribution >= 4 is 17.6 Å². The Balaban J connectivity index is 1.51. The van der Waals surface area contributed by atoms with Crippen LogP contribution in [0, 0.1) is 6.92 Å². The van der Waals surface area contributed by atoms with E-state index < -0.39 is 0 Å². The molecule has 8 heteroatoms. The number of rotatable bonds is 7. The number of benzene rings is 2. The van der Waals surface area contributed by atoms with Crippen molar-refractivity contribution in [1.82, 2.24) is 20.8 Å². The third-order valence-corrected chi connectivity index (χ3v) is 4.58. The fourth-order valence-corrected chi connectivity index (χ4v) is 2.97. The minimum absolute atomic E-state index is 0.369. The normalized spacial score (nSPS) is 11.4. The molecule has 0 bridgehead atoms. The van der Waals surface area contributed by atoms with Crippen LogP contribution in [0.3, 0.4) is 0 Å². The fourth-order valence-electron chi connectivity index (χ4n) is 2.84. The van der Waals surface area contributed by atoms with Crippen molar-refractivity contribution in [3.8, 4) is 17.1 Å². The molecule has 3 aromatic rings. The molecule has 1 heterocycles. The lowest BCUT2D eigenvalue weighted by Crippen LogP contribution is -2.38. The zero-order valence-corrected chi connectivity index (χ0v) is 17.5. The van der Waals surface area contributed by atoms with Crippen molar-refractivity contribution in [2.24, 2.45) is 4.99 Å². The van der Waals surface area contributed by atoms with E-state index in [1.165, 1.54) is 5.56 Å². The molecule has 0 radical (unpaired) electrons. The molecule has 0 saturated carbocycles. The Labute approximate surface area is 175 Å². The highest BCUT2D eigenvalue weighted by atomic mass is 35.5. The van der Waals surface area contributed by atoms with Crippen LogP contribution in [0.5, 0.6) is 5.75 Å². The molecule has 0 aliphatic carbocycles. The highest BCUT2D eigenvalue weighted by molar-refractivity contribution is 6.30. The van der Waals surface area contributed by atoms with Crippen LogP contribution in [-0.2, 0) is 13.0 Å². The molecule has 29 heavy (non-hydrogen) atoms. The van der Waals surface area contributed by atoms with E-state index in [-0.39, 0.29) is 0 Å². The van der Waals surface area contributed by atoms with Gasteiger partial charge in [0.05, 0.1) is 13.7 Å². The minimum Gasteiger partial charge on any atom is -0.496 e. The van der Waals surface area contributed by atoms with Crippen molar-refractivity contribution in [2.75, 3.05) is 20.7 Å². The monoisotopic (exact) mass is 413 g/mol. The first-order valence-corrected chi connectivity index (χ1v) is 9.63. The van der Waals surface area contributed by atoms with Gasteiger partial charge in [0, 0.05) is 24.2 Å². The predicted molar refractivity (Wildman–Crippen MR) is 114 cm³/mol. The number of nitrogens with zero attached hydrogens (tertiary/aromatic N) is 3. The van der Waals surface area contributed by atoms with E-state index in [0.29, 0.717) is 35.8 Å². The second-order valence-electron chi connectivity index (χ2n) is 6.44. The van der Waals surface area contributed by atoms with Crippen molar-refractivity contribution < 1.29 is 9.26 Å². The first kappa shape index (κ1) is 20.7. The molecule has 2 N–H and O–H groups in total. The second-order valence-corrected chi connectivity index (χ2v) is 6.87. The first-order chi connectivity index (χ1) is 14.1. The summed E-state index contributed by atoms with van der Waals surface area (Å²) in [6.45, 7) is 3.15. The number of ether oxygens (including phenoxy) is 1. The quantitative estimate of drug-likeness (QED) is 0.454. The minimum atomic E-state index is 0.369. The van der Waals surface area contributed by atoms with Crippen LogP contribution < -0.4 is 15.4 Å². The summed E-state index contributed by atoms with van der Waals surface area (Å²) in [5.41, 5.74) is 3.20. The fraction of sp³-hybridized carbons (Fsp3) is 0.286. The van der Waals surface area contributed by atoms with Gasteiger partial charge in [0.1, 0.15) is 5.75 Å². The van der Waals surface area contributed by atoms with Crippen LogP contribution in [-0.4, -0.2) is 36.8 Å². The maximum atomic E-state index is 5.91. The van der Waals surface area contributed by atoms with E-state index >= 15 is 0 Å². The van der Waals surface area contributed by atoms with Crippen molar-refractivity contribution in [3.63, 3.8) is 0 Å². The largest absolute Gasteiger partial charge is 0.496 e. The number of aliphatic imine (C=N–C) groups is 1. The Bertz CT molecular complexity index is 969. The average molecular weight is 414 g/mol. The summed E-state index contributed by atoms with van der Waals surface area (Å²) in [6.07, 6.45) is 0.812. The number of aromatic nitrogens is 2. The molecule has 0 aliphatic rings. The molecular formula is C21H24ClN5O2. The maximum Gasteiger partial charge on any atom is 0.246 e. The number of hydrogen-bond acceptors (Lipinski definition) is 5. The Kier molecular flexibility index (Phi) is 7.08. The van der Waals surface area contributed by atoms with Crippen molar-refractivity contribution in [2.45, 2.75) is 19.9 Å². The molecule has 0 atom stereocenters. The van der Waals surface area contributed by atoms with Crippen LogP contribution in [0.2, 0.25) is 5.02 Å². The lowest BCUT2D eigenvalue weighted by Gasteiger charge is -2.12. The number of hydrogen-bond donors (Lipinski definition) is 2.